The molecule has 1 amide bonds. The first-order chi connectivity index (χ1) is 9.74. The highest BCUT2D eigenvalue weighted by Crippen LogP contribution is 2.23. The summed E-state index contributed by atoms with van der Waals surface area (Å²) in [4.78, 5) is 18.6. The lowest BCUT2D eigenvalue weighted by Gasteiger charge is -2.31. The first-order valence-electron chi connectivity index (χ1n) is 7.00. The number of pyridine rings is 1. The number of anilines is 1. The van der Waals surface area contributed by atoms with Gasteiger partial charge in [0.1, 0.15) is 11.9 Å². The Labute approximate surface area is 123 Å². The van der Waals surface area contributed by atoms with Crippen molar-refractivity contribution in [1.82, 2.24) is 9.88 Å². The first kappa shape index (κ1) is 13.6. The summed E-state index contributed by atoms with van der Waals surface area (Å²) in [7, 11) is 0. The predicted molar refractivity (Wildman–Crippen MR) is 76.8 cm³/mol. The molecule has 2 aliphatic rings. The highest BCUT2D eigenvalue weighted by molar-refractivity contribution is 6.30. The Bertz CT molecular complexity index is 474. The maximum atomic E-state index is 12.4. The number of hydrogen-bond donors (Lipinski definition) is 1. The van der Waals surface area contributed by atoms with Gasteiger partial charge in [-0.25, -0.2) is 4.98 Å². The number of likely N-dealkylation sites (tertiary alicyclic amines) is 1. The maximum absolute atomic E-state index is 12.4. The van der Waals surface area contributed by atoms with Crippen molar-refractivity contribution in [3.8, 4) is 0 Å². The fourth-order valence-corrected chi connectivity index (χ4v) is 2.95. The molecule has 0 saturated carbocycles. The van der Waals surface area contributed by atoms with E-state index in [1.165, 1.54) is 0 Å². The van der Waals surface area contributed by atoms with Crippen molar-refractivity contribution in [3.63, 3.8) is 0 Å². The second-order valence-corrected chi connectivity index (χ2v) is 5.66. The van der Waals surface area contributed by atoms with Gasteiger partial charge in [0.25, 0.3) is 0 Å². The van der Waals surface area contributed by atoms with Crippen LogP contribution >= 0.6 is 11.6 Å². The molecule has 3 rings (SSSR count). The summed E-state index contributed by atoms with van der Waals surface area (Å²) in [6.45, 7) is 2.32. The molecule has 6 heteroatoms. The number of halogens is 1. The SMILES string of the molecule is O=C1[C@@H](Nc2ccc(Cl)cn2)CCN1C1CCOCC1. The molecule has 2 fully saturated rings. The van der Waals surface area contributed by atoms with Gasteiger partial charge in [-0.3, -0.25) is 4.79 Å². The van der Waals surface area contributed by atoms with E-state index < -0.39 is 0 Å². The van der Waals surface area contributed by atoms with Crippen LogP contribution in [-0.4, -0.2) is 47.6 Å². The lowest BCUT2D eigenvalue weighted by molar-refractivity contribution is -0.131. The molecule has 1 aromatic rings. The molecule has 3 heterocycles. The van der Waals surface area contributed by atoms with Gasteiger partial charge >= 0.3 is 0 Å². The molecule has 0 aliphatic carbocycles. The van der Waals surface area contributed by atoms with Crippen LogP contribution in [0.4, 0.5) is 5.82 Å². The number of nitrogens with one attached hydrogen (secondary N) is 1. The van der Waals surface area contributed by atoms with Gasteiger partial charge in [0.2, 0.25) is 5.91 Å². The third-order valence-electron chi connectivity index (χ3n) is 3.92. The highest BCUT2D eigenvalue weighted by Gasteiger charge is 2.36. The highest BCUT2D eigenvalue weighted by atomic mass is 35.5. The van der Waals surface area contributed by atoms with Crippen molar-refractivity contribution in [3.05, 3.63) is 23.4 Å². The first-order valence-corrected chi connectivity index (χ1v) is 7.38. The molecule has 2 saturated heterocycles. The molecule has 20 heavy (non-hydrogen) atoms. The Morgan fingerprint density at radius 1 is 1.30 bits per heavy atom. The van der Waals surface area contributed by atoms with Crippen molar-refractivity contribution in [2.75, 3.05) is 25.1 Å². The molecule has 0 unspecified atom stereocenters. The molecule has 1 N–H and O–H groups in total. The Morgan fingerprint density at radius 3 is 2.80 bits per heavy atom. The summed E-state index contributed by atoms with van der Waals surface area (Å²) in [5, 5.41) is 3.79. The number of carbonyl (C=O) groups is 1. The second kappa shape index (κ2) is 5.97. The zero-order valence-corrected chi connectivity index (χ0v) is 12.0. The number of rotatable bonds is 3. The van der Waals surface area contributed by atoms with Crippen LogP contribution in [0.25, 0.3) is 0 Å². The molecule has 2 aliphatic heterocycles. The number of carbonyl (C=O) groups excluding carboxylic acids is 1. The van der Waals surface area contributed by atoms with Gasteiger partial charge in [-0.15, -0.1) is 0 Å². The summed E-state index contributed by atoms with van der Waals surface area (Å²) in [6.07, 6.45) is 4.29. The minimum absolute atomic E-state index is 0.175. The number of hydrogen-bond acceptors (Lipinski definition) is 4. The molecule has 1 atom stereocenters. The Morgan fingerprint density at radius 2 is 2.10 bits per heavy atom. The normalized spacial score (nSPS) is 24.1. The van der Waals surface area contributed by atoms with Crippen LogP contribution in [-0.2, 0) is 9.53 Å². The van der Waals surface area contributed by atoms with Crippen LogP contribution in [0.3, 0.4) is 0 Å². The average molecular weight is 296 g/mol. The summed E-state index contributed by atoms with van der Waals surface area (Å²) in [5.41, 5.74) is 0. The Balaban J connectivity index is 1.61. The second-order valence-electron chi connectivity index (χ2n) is 5.22. The molecular weight excluding hydrogens is 278 g/mol. The van der Waals surface area contributed by atoms with E-state index in [-0.39, 0.29) is 11.9 Å². The molecule has 108 valence electrons. The molecule has 5 nitrogen and oxygen atoms in total. The topological polar surface area (TPSA) is 54.5 Å². The quantitative estimate of drug-likeness (QED) is 0.926. The van der Waals surface area contributed by atoms with Crippen LogP contribution in [0, 0.1) is 0 Å². The maximum Gasteiger partial charge on any atom is 0.245 e. The monoisotopic (exact) mass is 295 g/mol. The van der Waals surface area contributed by atoms with Gasteiger partial charge in [0.05, 0.1) is 5.02 Å². The Hall–Kier alpha value is -1.33. The molecule has 0 radical (unpaired) electrons. The van der Waals surface area contributed by atoms with Gasteiger partial charge in [-0.2, -0.15) is 0 Å². The minimum Gasteiger partial charge on any atom is -0.381 e. The summed E-state index contributed by atoms with van der Waals surface area (Å²) >= 11 is 5.80. The average Bonchev–Trinajstić information content (AvgIpc) is 2.84. The largest absolute Gasteiger partial charge is 0.381 e. The fraction of sp³-hybridized carbons (Fsp3) is 0.571. The third-order valence-corrected chi connectivity index (χ3v) is 4.14. The number of nitrogens with zero attached hydrogens (tertiary/aromatic N) is 2. The molecule has 0 aromatic carbocycles. The van der Waals surface area contributed by atoms with E-state index in [1.807, 2.05) is 4.90 Å². The minimum atomic E-state index is -0.175. The van der Waals surface area contributed by atoms with E-state index in [4.69, 9.17) is 16.3 Å². The van der Waals surface area contributed by atoms with Gasteiger partial charge in [-0.05, 0) is 31.4 Å². The van der Waals surface area contributed by atoms with Crippen molar-refractivity contribution in [2.24, 2.45) is 0 Å². The van der Waals surface area contributed by atoms with Crippen molar-refractivity contribution < 1.29 is 9.53 Å². The number of aromatic nitrogens is 1. The van der Waals surface area contributed by atoms with Crippen LogP contribution in [0.15, 0.2) is 18.3 Å². The van der Waals surface area contributed by atoms with E-state index in [0.29, 0.717) is 16.9 Å². The number of amides is 1. The third kappa shape index (κ3) is 2.88. The summed E-state index contributed by atoms with van der Waals surface area (Å²) in [5.74, 6) is 0.871. The fourth-order valence-electron chi connectivity index (χ4n) is 2.83. The molecular formula is C14H18ClN3O2. The summed E-state index contributed by atoms with van der Waals surface area (Å²) in [6, 6.07) is 3.73. The van der Waals surface area contributed by atoms with Gasteiger partial charge in [0.15, 0.2) is 0 Å². The zero-order valence-electron chi connectivity index (χ0n) is 11.2. The lowest BCUT2D eigenvalue weighted by Crippen LogP contribution is -2.43. The van der Waals surface area contributed by atoms with Crippen molar-refractivity contribution in [1.29, 1.82) is 0 Å². The van der Waals surface area contributed by atoms with Crippen LogP contribution in [0.5, 0.6) is 0 Å². The Kier molecular flexibility index (Phi) is 4.08. The van der Waals surface area contributed by atoms with Crippen LogP contribution < -0.4 is 5.32 Å². The van der Waals surface area contributed by atoms with Crippen LogP contribution in [0.2, 0.25) is 5.02 Å². The van der Waals surface area contributed by atoms with E-state index >= 15 is 0 Å². The smallest absolute Gasteiger partial charge is 0.245 e. The van der Waals surface area contributed by atoms with Crippen molar-refractivity contribution in [2.45, 2.75) is 31.3 Å². The van der Waals surface area contributed by atoms with E-state index in [9.17, 15) is 4.79 Å². The molecule has 0 spiro atoms. The molecule has 1 aromatic heterocycles. The number of ether oxygens (including phenoxy) is 1. The van der Waals surface area contributed by atoms with E-state index in [1.54, 1.807) is 18.3 Å². The predicted octanol–water partition coefficient (Wildman–Crippen LogP) is 1.93. The van der Waals surface area contributed by atoms with Crippen molar-refractivity contribution >= 4 is 23.3 Å². The van der Waals surface area contributed by atoms with E-state index in [2.05, 4.69) is 10.3 Å². The van der Waals surface area contributed by atoms with Crippen LogP contribution in [0.1, 0.15) is 19.3 Å². The van der Waals surface area contributed by atoms with E-state index in [0.717, 1.165) is 39.0 Å². The summed E-state index contributed by atoms with van der Waals surface area (Å²) < 4.78 is 5.35. The lowest BCUT2D eigenvalue weighted by atomic mass is 10.1. The van der Waals surface area contributed by atoms with Gasteiger partial charge in [-0.1, -0.05) is 11.6 Å². The zero-order chi connectivity index (χ0) is 13.9. The van der Waals surface area contributed by atoms with Gasteiger partial charge in [0, 0.05) is 32.0 Å². The molecule has 0 bridgehead atoms. The van der Waals surface area contributed by atoms with Gasteiger partial charge < -0.3 is 15.0 Å². The standard InChI is InChI=1S/C14H18ClN3O2/c15-10-1-2-13(16-9-10)17-12-3-6-18(14(12)19)11-4-7-20-8-5-11/h1-2,9,11-12H,3-8H2,(H,16,17)/t12-/m0/s1.